The van der Waals surface area contributed by atoms with Gasteiger partial charge in [-0.05, 0) is 24.3 Å². The summed E-state index contributed by atoms with van der Waals surface area (Å²) in [6, 6.07) is 0. The third-order valence-electron chi connectivity index (χ3n) is 2.29. The monoisotopic (exact) mass is 150 g/mol. The van der Waals surface area contributed by atoms with E-state index in [0.717, 1.165) is 18.5 Å². The summed E-state index contributed by atoms with van der Waals surface area (Å²) < 4.78 is 0. The van der Waals surface area contributed by atoms with Crippen LogP contribution in [-0.2, 0) is 6.42 Å². The van der Waals surface area contributed by atoms with Gasteiger partial charge in [-0.1, -0.05) is 6.92 Å². The molecule has 1 N–H and O–H groups in total. The number of aromatic nitrogens is 2. The van der Waals surface area contributed by atoms with E-state index in [1.54, 1.807) is 6.20 Å². The average molecular weight is 150 g/mol. The molecule has 0 saturated carbocycles. The zero-order valence-electron chi connectivity index (χ0n) is 6.42. The van der Waals surface area contributed by atoms with E-state index in [-0.39, 0.29) is 5.69 Å². The second-order valence-corrected chi connectivity index (χ2v) is 3.06. The van der Waals surface area contributed by atoms with E-state index in [9.17, 15) is 4.79 Å². The fourth-order valence-electron chi connectivity index (χ4n) is 1.59. The topological polar surface area (TPSA) is 45.8 Å². The van der Waals surface area contributed by atoms with Crippen molar-refractivity contribution in [3.05, 3.63) is 27.9 Å². The van der Waals surface area contributed by atoms with E-state index in [0.29, 0.717) is 5.92 Å². The number of nitrogens with zero attached hydrogens (tertiary/aromatic N) is 1. The molecule has 0 aliphatic heterocycles. The summed E-state index contributed by atoms with van der Waals surface area (Å²) in [7, 11) is 0. The van der Waals surface area contributed by atoms with Gasteiger partial charge in [-0.2, -0.15) is 0 Å². The van der Waals surface area contributed by atoms with Crippen molar-refractivity contribution in [3.63, 3.8) is 0 Å². The van der Waals surface area contributed by atoms with Gasteiger partial charge in [0.1, 0.15) is 0 Å². The predicted molar refractivity (Wildman–Crippen MR) is 41.6 cm³/mol. The van der Waals surface area contributed by atoms with Gasteiger partial charge in [0.25, 0.3) is 0 Å². The highest BCUT2D eigenvalue weighted by molar-refractivity contribution is 5.25. The lowest BCUT2D eigenvalue weighted by atomic mass is 10.1. The summed E-state index contributed by atoms with van der Waals surface area (Å²) in [6.45, 7) is 2.16. The maximum Gasteiger partial charge on any atom is 0.345 e. The summed E-state index contributed by atoms with van der Waals surface area (Å²) >= 11 is 0. The lowest BCUT2D eigenvalue weighted by Gasteiger charge is -2.00. The molecule has 1 aliphatic carbocycles. The van der Waals surface area contributed by atoms with Crippen LogP contribution in [0.4, 0.5) is 0 Å². The summed E-state index contributed by atoms with van der Waals surface area (Å²) in [5.74, 6) is 0.564. The fraction of sp³-hybridized carbons (Fsp3) is 0.500. The number of rotatable bonds is 0. The molecule has 0 bridgehead atoms. The molecule has 3 heteroatoms. The van der Waals surface area contributed by atoms with Crippen molar-refractivity contribution in [2.75, 3.05) is 0 Å². The predicted octanol–water partition coefficient (Wildman–Crippen LogP) is 0.820. The fourth-order valence-corrected chi connectivity index (χ4v) is 1.59. The molecule has 0 spiro atoms. The van der Waals surface area contributed by atoms with Crippen molar-refractivity contribution in [1.82, 2.24) is 9.97 Å². The van der Waals surface area contributed by atoms with E-state index in [1.807, 2.05) is 0 Å². The van der Waals surface area contributed by atoms with Crippen LogP contribution in [0, 0.1) is 0 Å². The standard InChI is InChI=1S/C8H10N2O/c1-5-2-3-7-6(5)4-9-8(11)10-7/h4-5H,2-3H2,1H3,(H,9,10,11). The van der Waals surface area contributed by atoms with Gasteiger partial charge < -0.3 is 4.98 Å². The number of aromatic amines is 1. The smallest absolute Gasteiger partial charge is 0.310 e. The van der Waals surface area contributed by atoms with Crippen molar-refractivity contribution in [1.29, 1.82) is 0 Å². The maximum atomic E-state index is 10.8. The number of nitrogens with one attached hydrogen (secondary N) is 1. The molecule has 1 aromatic rings. The molecule has 1 aromatic heterocycles. The highest BCUT2D eigenvalue weighted by Gasteiger charge is 2.18. The summed E-state index contributed by atoms with van der Waals surface area (Å²) in [5.41, 5.74) is 2.07. The van der Waals surface area contributed by atoms with Crippen LogP contribution >= 0.6 is 0 Å². The molecule has 58 valence electrons. The van der Waals surface area contributed by atoms with Crippen LogP contribution in [-0.4, -0.2) is 9.97 Å². The second-order valence-electron chi connectivity index (χ2n) is 3.06. The van der Waals surface area contributed by atoms with E-state index in [4.69, 9.17) is 0 Å². The maximum absolute atomic E-state index is 10.8. The lowest BCUT2D eigenvalue weighted by molar-refractivity contribution is 0.745. The molecule has 1 aliphatic rings. The van der Waals surface area contributed by atoms with Gasteiger partial charge in [-0.25, -0.2) is 9.78 Å². The molecule has 11 heavy (non-hydrogen) atoms. The van der Waals surface area contributed by atoms with Crippen LogP contribution in [0.3, 0.4) is 0 Å². The highest BCUT2D eigenvalue weighted by atomic mass is 16.1. The zero-order chi connectivity index (χ0) is 7.84. The molecule has 0 fully saturated rings. The molecule has 1 unspecified atom stereocenters. The van der Waals surface area contributed by atoms with E-state index in [1.165, 1.54) is 5.56 Å². The molecule has 1 heterocycles. The van der Waals surface area contributed by atoms with Crippen LogP contribution in [0.25, 0.3) is 0 Å². The second kappa shape index (κ2) is 2.19. The minimum atomic E-state index is -0.224. The Morgan fingerprint density at radius 1 is 1.73 bits per heavy atom. The van der Waals surface area contributed by atoms with Gasteiger partial charge in [0.2, 0.25) is 0 Å². The number of aryl methyl sites for hydroxylation is 1. The Balaban J connectivity index is 2.59. The van der Waals surface area contributed by atoms with Crippen LogP contribution < -0.4 is 5.69 Å². The first-order chi connectivity index (χ1) is 5.27. The molecular weight excluding hydrogens is 140 g/mol. The third-order valence-corrected chi connectivity index (χ3v) is 2.29. The first-order valence-electron chi connectivity index (χ1n) is 3.85. The summed E-state index contributed by atoms with van der Waals surface area (Å²) in [6.07, 6.45) is 3.83. The van der Waals surface area contributed by atoms with Crippen LogP contribution in [0.5, 0.6) is 0 Å². The highest BCUT2D eigenvalue weighted by Crippen LogP contribution is 2.29. The molecule has 0 amide bonds. The Hall–Kier alpha value is -1.12. The minimum absolute atomic E-state index is 0.224. The third kappa shape index (κ3) is 0.964. The van der Waals surface area contributed by atoms with Crippen LogP contribution in [0.15, 0.2) is 11.0 Å². The van der Waals surface area contributed by atoms with Gasteiger partial charge >= 0.3 is 5.69 Å². The molecular formula is C8H10N2O. The molecule has 0 aromatic carbocycles. The molecule has 3 nitrogen and oxygen atoms in total. The summed E-state index contributed by atoms with van der Waals surface area (Å²) in [5, 5.41) is 0. The average Bonchev–Trinajstić information content (AvgIpc) is 2.32. The first kappa shape index (κ1) is 6.58. The summed E-state index contributed by atoms with van der Waals surface area (Å²) in [4.78, 5) is 17.2. The van der Waals surface area contributed by atoms with Crippen LogP contribution in [0.2, 0.25) is 0 Å². The number of hydrogen-bond donors (Lipinski definition) is 1. The van der Waals surface area contributed by atoms with Crippen molar-refractivity contribution in [3.8, 4) is 0 Å². The Morgan fingerprint density at radius 2 is 2.55 bits per heavy atom. The van der Waals surface area contributed by atoms with Crippen molar-refractivity contribution in [2.24, 2.45) is 0 Å². The Kier molecular flexibility index (Phi) is 1.31. The minimum Gasteiger partial charge on any atom is -0.310 e. The SMILES string of the molecule is CC1CCc2[nH]c(=O)ncc21. The zero-order valence-corrected chi connectivity index (χ0v) is 6.42. The quantitative estimate of drug-likeness (QED) is 0.595. The van der Waals surface area contributed by atoms with E-state index in [2.05, 4.69) is 16.9 Å². The van der Waals surface area contributed by atoms with E-state index >= 15 is 0 Å². The normalized spacial score (nSPS) is 21.7. The number of fused-ring (bicyclic) bond motifs is 1. The molecule has 1 atom stereocenters. The lowest BCUT2D eigenvalue weighted by Crippen LogP contribution is -2.12. The molecule has 0 saturated heterocycles. The first-order valence-corrected chi connectivity index (χ1v) is 3.85. The van der Waals surface area contributed by atoms with Crippen LogP contribution in [0.1, 0.15) is 30.5 Å². The van der Waals surface area contributed by atoms with Gasteiger partial charge in [-0.15, -0.1) is 0 Å². The van der Waals surface area contributed by atoms with Gasteiger partial charge in [0.05, 0.1) is 0 Å². The molecule has 2 rings (SSSR count). The van der Waals surface area contributed by atoms with E-state index < -0.39 is 0 Å². The van der Waals surface area contributed by atoms with Crippen molar-refractivity contribution in [2.45, 2.75) is 25.7 Å². The largest absolute Gasteiger partial charge is 0.345 e. The number of hydrogen-bond acceptors (Lipinski definition) is 2. The molecule has 0 radical (unpaired) electrons. The Labute approximate surface area is 64.5 Å². The van der Waals surface area contributed by atoms with Crippen molar-refractivity contribution >= 4 is 0 Å². The van der Waals surface area contributed by atoms with Gasteiger partial charge in [0.15, 0.2) is 0 Å². The van der Waals surface area contributed by atoms with Gasteiger partial charge in [0, 0.05) is 11.9 Å². The Morgan fingerprint density at radius 3 is 3.36 bits per heavy atom. The van der Waals surface area contributed by atoms with Crippen molar-refractivity contribution < 1.29 is 0 Å². The Bertz CT molecular complexity index is 329. The number of H-pyrrole nitrogens is 1. The van der Waals surface area contributed by atoms with Gasteiger partial charge in [-0.3, -0.25) is 0 Å².